The minimum Gasteiger partial charge on any atom is -0.390 e. The van der Waals surface area contributed by atoms with Gasteiger partial charge in [-0.1, -0.05) is 146 Å². The number of benzene rings is 5. The van der Waals surface area contributed by atoms with Crippen molar-refractivity contribution in [3.63, 3.8) is 0 Å². The molecule has 3 saturated heterocycles. The summed E-state index contributed by atoms with van der Waals surface area (Å²) in [7, 11) is -16.8. The first-order valence-corrected chi connectivity index (χ1v) is 38.4. The molecule has 3 N–H and O–H groups in total. The third kappa shape index (κ3) is 28.1. The van der Waals surface area contributed by atoms with Crippen molar-refractivity contribution >= 4 is 40.5 Å². The molecule has 0 atom stereocenters. The monoisotopic (exact) mass is 1360 g/mol. The first-order valence-electron chi connectivity index (χ1n) is 30.1. The molecule has 90 heavy (non-hydrogen) atoms. The van der Waals surface area contributed by atoms with Gasteiger partial charge < -0.3 is 61.2 Å². The molecule has 0 saturated carbocycles. The van der Waals surface area contributed by atoms with E-state index in [9.17, 15) is 31.8 Å². The number of hydrogen-bond acceptors (Lipinski definition) is 22. The third-order valence-electron chi connectivity index (χ3n) is 13.1. The quantitative estimate of drug-likeness (QED) is 0.0260. The highest BCUT2D eigenvalue weighted by Gasteiger charge is 2.37. The smallest absolute Gasteiger partial charge is 0.357 e. The van der Waals surface area contributed by atoms with Crippen LogP contribution in [0.2, 0.25) is 0 Å². The Bertz CT molecular complexity index is 2900. The van der Waals surface area contributed by atoms with E-state index in [0.29, 0.717) is 26.4 Å². The van der Waals surface area contributed by atoms with Gasteiger partial charge >= 0.3 is 30.4 Å². The lowest BCUT2D eigenvalue weighted by Crippen LogP contribution is -2.53. The normalized spacial score (nSPS) is 15.0. The fraction of sp³-hybridized carbons (Fsp3) is 0.524. The molecule has 3 heterocycles. The van der Waals surface area contributed by atoms with Gasteiger partial charge in [0.1, 0.15) is 19.0 Å². The molecule has 0 spiro atoms. The van der Waals surface area contributed by atoms with Crippen LogP contribution in [0, 0.1) is 6.92 Å². The van der Waals surface area contributed by atoms with E-state index in [4.69, 9.17) is 55.0 Å². The molecule has 0 unspecified atom stereocenters. The zero-order chi connectivity index (χ0) is 65.2. The van der Waals surface area contributed by atoms with Gasteiger partial charge in [-0.2, -0.15) is 8.42 Å². The van der Waals surface area contributed by atoms with Crippen molar-refractivity contribution in [2.45, 2.75) is 105 Å². The lowest BCUT2D eigenvalue weighted by atomic mass is 9.94. The Hall–Kier alpha value is -3.67. The summed E-state index contributed by atoms with van der Waals surface area (Å²) in [5.74, 6) is 0. The summed E-state index contributed by atoms with van der Waals surface area (Å²) in [5.41, 5.74) is 6.03. The molecule has 0 aromatic heterocycles. The summed E-state index contributed by atoms with van der Waals surface area (Å²) in [5, 5.41) is 21.1. The highest BCUT2D eigenvalue weighted by Crippen LogP contribution is 2.51. The lowest BCUT2D eigenvalue weighted by Gasteiger charge is -2.44. The predicted molar refractivity (Wildman–Crippen MR) is 355 cm³/mol. The van der Waals surface area contributed by atoms with Crippen LogP contribution in [-0.4, -0.2) is 164 Å². The first kappa shape index (κ1) is 80.6. The van der Waals surface area contributed by atoms with Crippen molar-refractivity contribution in [3.8, 4) is 0 Å². The third-order valence-corrected chi connectivity index (χ3v) is 21.5. The van der Waals surface area contributed by atoms with Crippen LogP contribution in [0.15, 0.2) is 150 Å². The maximum absolute atomic E-state index is 12.5. The van der Waals surface area contributed by atoms with Gasteiger partial charge in [0.2, 0.25) is 0 Å². The van der Waals surface area contributed by atoms with E-state index in [0.717, 1.165) is 44.8 Å². The second-order valence-electron chi connectivity index (χ2n) is 19.9. The molecule has 27 heteroatoms. The number of rotatable bonds is 33. The van der Waals surface area contributed by atoms with Crippen LogP contribution in [0.25, 0.3) is 0 Å². The maximum Gasteiger partial charge on any atom is 0.357 e. The van der Waals surface area contributed by atoms with Crippen molar-refractivity contribution in [2.75, 3.05) is 118 Å². The van der Waals surface area contributed by atoms with E-state index in [1.807, 2.05) is 31.2 Å². The van der Waals surface area contributed by atoms with Gasteiger partial charge in [0.25, 0.3) is 10.1 Å². The van der Waals surface area contributed by atoms with Crippen molar-refractivity contribution in [1.29, 1.82) is 0 Å². The summed E-state index contributed by atoms with van der Waals surface area (Å²) in [6.07, 6.45) is -1.09. The Balaban J connectivity index is 0.000000399. The van der Waals surface area contributed by atoms with E-state index in [2.05, 4.69) is 112 Å². The van der Waals surface area contributed by atoms with Crippen LogP contribution in [-0.2, 0) is 78.2 Å². The Labute approximate surface area is 537 Å². The summed E-state index contributed by atoms with van der Waals surface area (Å²) in [4.78, 5) is 4.69. The average molecular weight is 1360 g/mol. The van der Waals surface area contributed by atoms with Crippen LogP contribution >= 0.6 is 30.4 Å². The van der Waals surface area contributed by atoms with Gasteiger partial charge in [0.15, 0.2) is 6.35 Å². The van der Waals surface area contributed by atoms with Crippen LogP contribution in [0.5, 0.6) is 0 Å². The molecule has 3 aliphatic heterocycles. The number of hydrogen-bond donors (Lipinski definition) is 3. The van der Waals surface area contributed by atoms with Gasteiger partial charge in [0.05, 0.1) is 88.1 Å². The fourth-order valence-electron chi connectivity index (χ4n) is 8.96. The minimum absolute atomic E-state index is 0. The molecule has 0 radical (unpaired) electrons. The van der Waals surface area contributed by atoms with Crippen molar-refractivity contribution in [1.82, 2.24) is 15.1 Å². The summed E-state index contributed by atoms with van der Waals surface area (Å²) in [6.45, 7) is 22.7. The molecule has 3 aliphatic rings. The van der Waals surface area contributed by atoms with E-state index in [1.54, 1.807) is 67.5 Å². The van der Waals surface area contributed by atoms with E-state index in [-0.39, 0.29) is 83.3 Å². The Morgan fingerprint density at radius 1 is 0.467 bits per heavy atom. The largest absolute Gasteiger partial charge is 0.390 e. The van der Waals surface area contributed by atoms with Crippen LogP contribution < -0.4 is 5.32 Å². The van der Waals surface area contributed by atoms with E-state index < -0.39 is 53.2 Å². The number of nitrogens with one attached hydrogen (secondary N) is 1. The van der Waals surface area contributed by atoms with Crippen molar-refractivity contribution < 1.29 is 88.2 Å². The highest BCUT2D eigenvalue weighted by molar-refractivity contribution is 7.87. The second kappa shape index (κ2) is 42.6. The molecular formula is C63H101N3O19P4S. The standard InChI is InChI=1S/C21H28NO4P.C16H17NO.C12H19O6PS.C8H18NO4P.C5H13O4P.CH4.H2/c1-3-25-27(23,26-4-2)17-24-20-15-22(16-20)21(18-11-7-5-8-12-18)19-13-9-6-10-14-19;18-15-11-17(12-15)16(13-7-3-1-4-8-13)14-9-5-2-6-10-14;1-4-16-19(13,17-5-2)10-18-20(14,15)12-8-6-11(3)7-9-12;1-3-12-14(10,13-4-2)7-11-8-5-9-6-8;1-3-8-10(7,5-6)9-4-2;;/h5-14,20-21H,3-4,15-17H2,1-2H3;1-10,15-16,18H,11-12H2;6-9H,4-5,10H2,1-3H3;8-9H,3-7H2,1-2H3;6H,3-5H2,1-2H3;1H4;1H. The number of nitrogens with zero attached hydrogens (tertiary/aromatic N) is 2. The number of ether oxygens (including phenoxy) is 2. The van der Waals surface area contributed by atoms with Crippen LogP contribution in [0.4, 0.5) is 0 Å². The number of likely N-dealkylation sites (tertiary alicyclic amines) is 2. The Kier molecular flexibility index (Phi) is 38.1. The molecule has 508 valence electrons. The van der Waals surface area contributed by atoms with Gasteiger partial charge in [-0.3, -0.25) is 32.2 Å². The first-order chi connectivity index (χ1) is 42.7. The van der Waals surface area contributed by atoms with Crippen molar-refractivity contribution in [2.24, 2.45) is 0 Å². The molecule has 0 amide bonds. The lowest BCUT2D eigenvalue weighted by molar-refractivity contribution is -0.0563. The molecule has 3 fully saturated rings. The molecule has 5 aromatic carbocycles. The SMILES string of the molecule is C.CCOP(=O)(CO)OCC.CCOP(=O)(COC1CN(C(c2ccccc2)c2ccccc2)C1)OCC.CCOP(=O)(COC1CNC1)OCC.CCOP(=O)(COS(=O)(=O)c1ccc(C)cc1)OCC.OC1CN(C(c2ccccc2)c2ccccc2)C1.[HH]. The van der Waals surface area contributed by atoms with Gasteiger partial charge in [-0.05, 0) is 96.7 Å². The van der Waals surface area contributed by atoms with Gasteiger partial charge in [-0.15, -0.1) is 0 Å². The summed E-state index contributed by atoms with van der Waals surface area (Å²) >= 11 is 0. The van der Waals surface area contributed by atoms with Gasteiger partial charge in [-0.25, -0.2) is 0 Å². The van der Waals surface area contributed by atoms with E-state index in [1.165, 1.54) is 34.4 Å². The maximum atomic E-state index is 12.5. The Morgan fingerprint density at radius 3 is 1.06 bits per heavy atom. The highest BCUT2D eigenvalue weighted by atomic mass is 32.2. The number of aliphatic hydroxyl groups is 2. The van der Waals surface area contributed by atoms with E-state index >= 15 is 0 Å². The minimum atomic E-state index is -3.98. The summed E-state index contributed by atoms with van der Waals surface area (Å²) in [6, 6.07) is 48.6. The molecule has 5 aromatic rings. The molecule has 0 bridgehead atoms. The number of aliphatic hydroxyl groups excluding tert-OH is 2. The number of aryl methyl sites for hydroxylation is 1. The van der Waals surface area contributed by atoms with Crippen LogP contribution in [0.1, 0.15) is 104 Å². The predicted octanol–water partition coefficient (Wildman–Crippen LogP) is 13.4. The average Bonchev–Trinajstić information content (AvgIpc) is 1.11. The van der Waals surface area contributed by atoms with Gasteiger partial charge in [0, 0.05) is 40.7 Å². The molecule has 8 rings (SSSR count). The Morgan fingerprint density at radius 2 is 0.767 bits per heavy atom. The zero-order valence-electron chi connectivity index (χ0n) is 52.9. The zero-order valence-corrected chi connectivity index (χ0v) is 57.3. The molecule has 22 nitrogen and oxygen atoms in total. The fourth-order valence-corrected chi connectivity index (χ4v) is 15.5. The van der Waals surface area contributed by atoms with Crippen molar-refractivity contribution in [3.05, 3.63) is 173 Å². The molecular weight excluding hydrogens is 1260 g/mol. The molecule has 0 aliphatic carbocycles. The summed E-state index contributed by atoms with van der Waals surface area (Å²) < 4.78 is 128. The number of β-amino-alcohol motifs (C(OH)–C–C–N with tert-alkyl or cyclic N) is 1. The second-order valence-corrected chi connectivity index (χ2v) is 29.6. The van der Waals surface area contributed by atoms with Crippen LogP contribution in [0.3, 0.4) is 0 Å². The topological polar surface area (TPSA) is 263 Å².